The van der Waals surface area contributed by atoms with Crippen LogP contribution in [0.2, 0.25) is 0 Å². The summed E-state index contributed by atoms with van der Waals surface area (Å²) in [5, 5.41) is 15.1. The molecule has 94 valence electrons. The summed E-state index contributed by atoms with van der Waals surface area (Å²) in [7, 11) is 0. The Labute approximate surface area is 98.3 Å². The molecule has 0 radical (unpaired) electrons. The van der Waals surface area contributed by atoms with Crippen LogP contribution in [-0.4, -0.2) is 23.1 Å². The van der Waals surface area contributed by atoms with Gasteiger partial charge in [-0.25, -0.2) is 0 Å². The van der Waals surface area contributed by atoms with Crippen molar-refractivity contribution in [1.29, 1.82) is 0 Å². The smallest absolute Gasteiger partial charge is 0.140 e. The Kier molecular flexibility index (Phi) is 5.06. The van der Waals surface area contributed by atoms with Crippen LogP contribution in [-0.2, 0) is 0 Å². The van der Waals surface area contributed by atoms with Crippen molar-refractivity contribution in [3.05, 3.63) is 0 Å². The molecule has 1 saturated carbocycles. The molecule has 0 amide bonds. The van der Waals surface area contributed by atoms with E-state index in [-0.39, 0.29) is 6.04 Å². The van der Waals surface area contributed by atoms with Gasteiger partial charge in [0.05, 0.1) is 0 Å². The molecule has 0 aliphatic heterocycles. The van der Waals surface area contributed by atoms with Gasteiger partial charge in [0.25, 0.3) is 0 Å². The maximum absolute atomic E-state index is 8.52. The molecule has 1 rings (SSSR count). The molecule has 0 aromatic rings. The Morgan fingerprint density at radius 2 is 2.19 bits per heavy atom. The summed E-state index contributed by atoms with van der Waals surface area (Å²) in [5.41, 5.74) is 5.50. The highest BCUT2D eigenvalue weighted by Gasteiger charge is 2.27. The molecule has 0 aromatic carbocycles. The minimum absolute atomic E-state index is 0.272. The van der Waals surface area contributed by atoms with Gasteiger partial charge in [-0.2, -0.15) is 0 Å². The highest BCUT2D eigenvalue weighted by atomic mass is 16.4. The minimum Gasteiger partial charge on any atom is -0.409 e. The standard InChI is InChI=1S/C12H25N3O/c1-8-5-4-6-11(10(8)3)14-9(2)7-12(13)15-16/h8-11,14,16H,4-7H2,1-3H3,(H2,13,15). The quantitative estimate of drug-likeness (QED) is 0.297. The topological polar surface area (TPSA) is 70.6 Å². The first-order valence-corrected chi connectivity index (χ1v) is 6.27. The fourth-order valence-corrected chi connectivity index (χ4v) is 2.60. The summed E-state index contributed by atoms with van der Waals surface area (Å²) in [6.07, 6.45) is 4.49. The summed E-state index contributed by atoms with van der Waals surface area (Å²) in [6, 6.07) is 0.846. The van der Waals surface area contributed by atoms with Gasteiger partial charge in [-0.3, -0.25) is 0 Å². The van der Waals surface area contributed by atoms with Gasteiger partial charge in [0, 0.05) is 18.5 Å². The number of amidine groups is 1. The third-order valence-electron chi connectivity index (χ3n) is 3.85. The Morgan fingerprint density at radius 1 is 1.50 bits per heavy atom. The van der Waals surface area contributed by atoms with Gasteiger partial charge < -0.3 is 16.3 Å². The molecule has 0 aromatic heterocycles. The van der Waals surface area contributed by atoms with Crippen molar-refractivity contribution >= 4 is 5.84 Å². The number of rotatable bonds is 4. The third kappa shape index (κ3) is 3.67. The average Bonchev–Trinajstić information content (AvgIpc) is 2.24. The third-order valence-corrected chi connectivity index (χ3v) is 3.85. The van der Waals surface area contributed by atoms with Gasteiger partial charge in [0.15, 0.2) is 0 Å². The van der Waals surface area contributed by atoms with Gasteiger partial charge >= 0.3 is 0 Å². The lowest BCUT2D eigenvalue weighted by Gasteiger charge is -2.36. The molecule has 0 saturated heterocycles. The lowest BCUT2D eigenvalue weighted by Crippen LogP contribution is -2.45. The predicted molar refractivity (Wildman–Crippen MR) is 66.6 cm³/mol. The maximum atomic E-state index is 8.52. The van der Waals surface area contributed by atoms with E-state index >= 15 is 0 Å². The highest BCUT2D eigenvalue weighted by molar-refractivity contribution is 5.80. The second kappa shape index (κ2) is 6.09. The van der Waals surface area contributed by atoms with Crippen LogP contribution in [0.5, 0.6) is 0 Å². The highest BCUT2D eigenvalue weighted by Crippen LogP contribution is 2.29. The van der Waals surface area contributed by atoms with Gasteiger partial charge in [-0.15, -0.1) is 0 Å². The number of nitrogens with zero attached hydrogens (tertiary/aromatic N) is 1. The van der Waals surface area contributed by atoms with E-state index in [1.54, 1.807) is 0 Å². The maximum Gasteiger partial charge on any atom is 0.140 e. The normalized spacial score (nSPS) is 33.7. The molecule has 16 heavy (non-hydrogen) atoms. The fourth-order valence-electron chi connectivity index (χ4n) is 2.60. The van der Waals surface area contributed by atoms with Crippen molar-refractivity contribution in [2.45, 2.75) is 58.5 Å². The van der Waals surface area contributed by atoms with E-state index in [4.69, 9.17) is 10.9 Å². The number of nitrogens with two attached hydrogens (primary N) is 1. The molecule has 1 aliphatic carbocycles. The van der Waals surface area contributed by atoms with E-state index < -0.39 is 0 Å². The lowest BCUT2D eigenvalue weighted by atomic mass is 9.78. The Bertz CT molecular complexity index is 242. The average molecular weight is 227 g/mol. The molecular formula is C12H25N3O. The summed E-state index contributed by atoms with van der Waals surface area (Å²) in [4.78, 5) is 0. The summed E-state index contributed by atoms with van der Waals surface area (Å²) < 4.78 is 0. The first-order chi connectivity index (χ1) is 7.54. The summed E-state index contributed by atoms with van der Waals surface area (Å²) in [5.74, 6) is 1.81. The van der Waals surface area contributed by atoms with Crippen LogP contribution in [0, 0.1) is 11.8 Å². The Balaban J connectivity index is 2.40. The monoisotopic (exact) mass is 227 g/mol. The molecule has 1 aliphatic rings. The fraction of sp³-hybridized carbons (Fsp3) is 0.917. The van der Waals surface area contributed by atoms with Crippen molar-refractivity contribution in [1.82, 2.24) is 5.32 Å². The first-order valence-electron chi connectivity index (χ1n) is 6.27. The van der Waals surface area contributed by atoms with Crippen molar-refractivity contribution in [3.63, 3.8) is 0 Å². The van der Waals surface area contributed by atoms with Crippen molar-refractivity contribution in [2.24, 2.45) is 22.7 Å². The van der Waals surface area contributed by atoms with Crippen LogP contribution >= 0.6 is 0 Å². The van der Waals surface area contributed by atoms with E-state index in [1.807, 2.05) is 0 Å². The molecule has 1 fully saturated rings. The molecular weight excluding hydrogens is 202 g/mol. The molecule has 0 heterocycles. The molecule has 4 atom stereocenters. The largest absolute Gasteiger partial charge is 0.409 e. The number of oxime groups is 1. The van der Waals surface area contributed by atoms with E-state index in [2.05, 4.69) is 31.2 Å². The molecule has 4 N–H and O–H groups in total. The van der Waals surface area contributed by atoms with Gasteiger partial charge in [-0.1, -0.05) is 31.8 Å². The minimum atomic E-state index is 0.272. The van der Waals surface area contributed by atoms with Crippen molar-refractivity contribution < 1.29 is 5.21 Å². The van der Waals surface area contributed by atoms with Crippen LogP contribution in [0.3, 0.4) is 0 Å². The first kappa shape index (κ1) is 13.3. The van der Waals surface area contributed by atoms with Crippen LogP contribution in [0.25, 0.3) is 0 Å². The zero-order chi connectivity index (χ0) is 12.1. The molecule has 4 unspecified atom stereocenters. The Hall–Kier alpha value is -0.770. The second-order valence-electron chi connectivity index (χ2n) is 5.24. The molecule has 0 bridgehead atoms. The van der Waals surface area contributed by atoms with Gasteiger partial charge in [0.1, 0.15) is 5.84 Å². The van der Waals surface area contributed by atoms with Crippen molar-refractivity contribution in [3.8, 4) is 0 Å². The Morgan fingerprint density at radius 3 is 2.81 bits per heavy atom. The second-order valence-corrected chi connectivity index (χ2v) is 5.24. The van der Waals surface area contributed by atoms with E-state index in [1.165, 1.54) is 19.3 Å². The summed E-state index contributed by atoms with van der Waals surface area (Å²) >= 11 is 0. The number of hydrogen-bond donors (Lipinski definition) is 3. The number of hydrogen-bond acceptors (Lipinski definition) is 3. The van der Waals surface area contributed by atoms with Crippen LogP contribution in [0.1, 0.15) is 46.5 Å². The van der Waals surface area contributed by atoms with E-state index in [9.17, 15) is 0 Å². The van der Waals surface area contributed by atoms with Gasteiger partial charge in [0.2, 0.25) is 0 Å². The summed E-state index contributed by atoms with van der Waals surface area (Å²) in [6.45, 7) is 6.73. The van der Waals surface area contributed by atoms with Crippen LogP contribution in [0.15, 0.2) is 5.16 Å². The van der Waals surface area contributed by atoms with E-state index in [0.29, 0.717) is 24.2 Å². The number of nitrogens with one attached hydrogen (secondary N) is 1. The molecule has 4 nitrogen and oxygen atoms in total. The van der Waals surface area contributed by atoms with E-state index in [0.717, 1.165) is 5.92 Å². The van der Waals surface area contributed by atoms with Crippen LogP contribution < -0.4 is 11.1 Å². The zero-order valence-electron chi connectivity index (χ0n) is 10.6. The van der Waals surface area contributed by atoms with Gasteiger partial charge in [-0.05, 0) is 25.2 Å². The van der Waals surface area contributed by atoms with Crippen molar-refractivity contribution in [2.75, 3.05) is 0 Å². The molecule has 4 heteroatoms. The lowest BCUT2D eigenvalue weighted by molar-refractivity contribution is 0.196. The van der Waals surface area contributed by atoms with Crippen LogP contribution in [0.4, 0.5) is 0 Å². The zero-order valence-corrected chi connectivity index (χ0v) is 10.6. The molecule has 0 spiro atoms. The SMILES string of the molecule is CC(CC(N)=NO)NC1CCCC(C)C1C. The predicted octanol–water partition coefficient (Wildman–Crippen LogP) is 1.93.